The van der Waals surface area contributed by atoms with E-state index in [4.69, 9.17) is 4.74 Å². The summed E-state index contributed by atoms with van der Waals surface area (Å²) in [7, 11) is 0. The Morgan fingerprint density at radius 3 is 2.79 bits per heavy atom. The fraction of sp³-hybridized carbons (Fsp3) is 0.533. The molecule has 2 heterocycles. The summed E-state index contributed by atoms with van der Waals surface area (Å²) in [6, 6.07) is 8.19. The number of amides is 1. The van der Waals surface area contributed by atoms with Crippen LogP contribution in [0.2, 0.25) is 0 Å². The molecule has 2 aliphatic rings. The first-order chi connectivity index (χ1) is 9.31. The number of benzene rings is 1. The van der Waals surface area contributed by atoms with Gasteiger partial charge in [-0.05, 0) is 25.5 Å². The maximum absolute atomic E-state index is 12.6. The molecule has 102 valence electrons. The van der Waals surface area contributed by atoms with E-state index in [-0.39, 0.29) is 11.8 Å². The molecule has 0 bridgehead atoms. The Morgan fingerprint density at radius 2 is 2.11 bits per heavy atom. The number of fused-ring (bicyclic) bond motifs is 1. The number of para-hydroxylation sites is 2. The molecule has 19 heavy (non-hydrogen) atoms. The van der Waals surface area contributed by atoms with Crippen molar-refractivity contribution in [2.24, 2.45) is 5.92 Å². The number of hydrogen-bond acceptors (Lipinski definition) is 3. The molecular weight excluding hydrogens is 240 g/mol. The standard InChI is InChI=1S/C15H20N2O2/c1-2-16-8-9-17(14-6-4-3-5-13(14)16)15(18)12-7-10-19-11-12/h3-6,12H,2,7-11H2,1H3. The molecule has 1 saturated heterocycles. The van der Waals surface area contributed by atoms with Crippen molar-refractivity contribution in [1.82, 2.24) is 0 Å². The number of likely N-dealkylation sites (N-methyl/N-ethyl adjacent to an activating group) is 1. The van der Waals surface area contributed by atoms with Crippen LogP contribution in [0, 0.1) is 5.92 Å². The quantitative estimate of drug-likeness (QED) is 0.814. The van der Waals surface area contributed by atoms with Crippen LogP contribution in [0.4, 0.5) is 11.4 Å². The Bertz CT molecular complexity index is 469. The van der Waals surface area contributed by atoms with Gasteiger partial charge >= 0.3 is 0 Å². The van der Waals surface area contributed by atoms with Crippen molar-refractivity contribution >= 4 is 17.3 Å². The first-order valence-electron chi connectivity index (χ1n) is 7.04. The molecule has 1 atom stereocenters. The molecule has 0 spiro atoms. The van der Waals surface area contributed by atoms with E-state index in [9.17, 15) is 4.79 Å². The van der Waals surface area contributed by atoms with Gasteiger partial charge < -0.3 is 14.5 Å². The number of rotatable bonds is 2. The monoisotopic (exact) mass is 260 g/mol. The summed E-state index contributed by atoms with van der Waals surface area (Å²) in [6.45, 7) is 6.11. The van der Waals surface area contributed by atoms with Gasteiger partial charge in [0.25, 0.3) is 0 Å². The summed E-state index contributed by atoms with van der Waals surface area (Å²) < 4.78 is 5.34. The molecule has 4 nitrogen and oxygen atoms in total. The van der Waals surface area contributed by atoms with E-state index >= 15 is 0 Å². The lowest BCUT2D eigenvalue weighted by atomic mass is 10.1. The van der Waals surface area contributed by atoms with Crippen molar-refractivity contribution in [3.8, 4) is 0 Å². The summed E-state index contributed by atoms with van der Waals surface area (Å²) in [5.41, 5.74) is 2.22. The van der Waals surface area contributed by atoms with Crippen molar-refractivity contribution < 1.29 is 9.53 Å². The van der Waals surface area contributed by atoms with Crippen molar-refractivity contribution in [3.05, 3.63) is 24.3 Å². The van der Waals surface area contributed by atoms with Crippen LogP contribution in [0.3, 0.4) is 0 Å². The summed E-state index contributed by atoms with van der Waals surface area (Å²) in [6.07, 6.45) is 0.856. The molecule has 1 fully saturated rings. The molecule has 0 saturated carbocycles. The number of nitrogens with zero attached hydrogens (tertiary/aromatic N) is 2. The highest BCUT2D eigenvalue weighted by molar-refractivity contribution is 5.99. The zero-order valence-electron chi connectivity index (χ0n) is 11.3. The van der Waals surface area contributed by atoms with Gasteiger partial charge in [-0.15, -0.1) is 0 Å². The van der Waals surface area contributed by atoms with E-state index in [1.54, 1.807) is 0 Å². The van der Waals surface area contributed by atoms with Crippen LogP contribution in [-0.4, -0.2) is 38.8 Å². The van der Waals surface area contributed by atoms with Crippen LogP contribution in [0.1, 0.15) is 13.3 Å². The highest BCUT2D eigenvalue weighted by Gasteiger charge is 2.32. The fourth-order valence-corrected chi connectivity index (χ4v) is 2.93. The van der Waals surface area contributed by atoms with Gasteiger partial charge in [0.15, 0.2) is 0 Å². The largest absolute Gasteiger partial charge is 0.381 e. The van der Waals surface area contributed by atoms with E-state index < -0.39 is 0 Å². The SMILES string of the molecule is CCN1CCN(C(=O)C2CCOC2)c2ccccc21. The normalized spacial score (nSPS) is 22.5. The summed E-state index contributed by atoms with van der Waals surface area (Å²) in [5, 5.41) is 0. The Labute approximate surface area is 113 Å². The van der Waals surface area contributed by atoms with E-state index in [2.05, 4.69) is 17.9 Å². The molecule has 0 N–H and O–H groups in total. The molecule has 3 rings (SSSR count). The zero-order valence-corrected chi connectivity index (χ0v) is 11.3. The lowest BCUT2D eigenvalue weighted by Gasteiger charge is -2.38. The van der Waals surface area contributed by atoms with Crippen molar-refractivity contribution in [3.63, 3.8) is 0 Å². The summed E-state index contributed by atoms with van der Waals surface area (Å²) in [4.78, 5) is 16.9. The van der Waals surface area contributed by atoms with Crippen LogP contribution >= 0.6 is 0 Å². The molecule has 0 aromatic heterocycles. The number of carbonyl (C=O) groups excluding carboxylic acids is 1. The fourth-order valence-electron chi connectivity index (χ4n) is 2.93. The van der Waals surface area contributed by atoms with Gasteiger partial charge in [0.05, 0.1) is 23.9 Å². The van der Waals surface area contributed by atoms with E-state index in [0.717, 1.165) is 31.7 Å². The van der Waals surface area contributed by atoms with Gasteiger partial charge in [0, 0.05) is 26.2 Å². The van der Waals surface area contributed by atoms with Crippen LogP contribution in [0.25, 0.3) is 0 Å². The Balaban J connectivity index is 1.89. The average molecular weight is 260 g/mol. The highest BCUT2D eigenvalue weighted by Crippen LogP contribution is 2.34. The predicted molar refractivity (Wildman–Crippen MR) is 75.6 cm³/mol. The molecule has 1 unspecified atom stereocenters. The molecule has 2 aliphatic heterocycles. The maximum atomic E-state index is 12.6. The molecule has 1 aromatic rings. The minimum Gasteiger partial charge on any atom is -0.381 e. The number of ether oxygens (including phenoxy) is 1. The van der Waals surface area contributed by atoms with Crippen LogP contribution in [0.15, 0.2) is 24.3 Å². The topological polar surface area (TPSA) is 32.8 Å². The van der Waals surface area contributed by atoms with Gasteiger partial charge in [-0.2, -0.15) is 0 Å². The third kappa shape index (κ3) is 2.21. The Kier molecular flexibility index (Phi) is 3.42. The van der Waals surface area contributed by atoms with Crippen LogP contribution in [-0.2, 0) is 9.53 Å². The van der Waals surface area contributed by atoms with Gasteiger partial charge in [-0.3, -0.25) is 4.79 Å². The molecule has 4 heteroatoms. The first-order valence-corrected chi connectivity index (χ1v) is 7.04. The second-order valence-corrected chi connectivity index (χ2v) is 5.12. The minimum atomic E-state index is 0.0428. The third-order valence-electron chi connectivity index (χ3n) is 4.03. The highest BCUT2D eigenvalue weighted by atomic mass is 16.5. The molecule has 0 radical (unpaired) electrons. The second-order valence-electron chi connectivity index (χ2n) is 5.12. The van der Waals surface area contributed by atoms with Crippen LogP contribution < -0.4 is 9.80 Å². The van der Waals surface area contributed by atoms with E-state index in [0.29, 0.717) is 13.2 Å². The number of anilines is 2. The van der Waals surface area contributed by atoms with E-state index in [1.165, 1.54) is 5.69 Å². The van der Waals surface area contributed by atoms with Crippen molar-refractivity contribution in [1.29, 1.82) is 0 Å². The molecular formula is C15H20N2O2. The smallest absolute Gasteiger partial charge is 0.232 e. The van der Waals surface area contributed by atoms with Crippen molar-refractivity contribution in [2.75, 3.05) is 42.6 Å². The number of carbonyl (C=O) groups is 1. The summed E-state index contributed by atoms with van der Waals surface area (Å²) >= 11 is 0. The number of hydrogen-bond donors (Lipinski definition) is 0. The summed E-state index contributed by atoms with van der Waals surface area (Å²) in [5.74, 6) is 0.266. The molecule has 0 aliphatic carbocycles. The van der Waals surface area contributed by atoms with Gasteiger partial charge in [-0.1, -0.05) is 12.1 Å². The Hall–Kier alpha value is -1.55. The van der Waals surface area contributed by atoms with Gasteiger partial charge in [0.1, 0.15) is 0 Å². The second kappa shape index (κ2) is 5.21. The zero-order chi connectivity index (χ0) is 13.2. The minimum absolute atomic E-state index is 0.0428. The van der Waals surface area contributed by atoms with Crippen LogP contribution in [0.5, 0.6) is 0 Å². The van der Waals surface area contributed by atoms with Gasteiger partial charge in [-0.25, -0.2) is 0 Å². The van der Waals surface area contributed by atoms with Gasteiger partial charge in [0.2, 0.25) is 5.91 Å². The van der Waals surface area contributed by atoms with E-state index in [1.807, 2.05) is 23.1 Å². The third-order valence-corrected chi connectivity index (χ3v) is 4.03. The lowest BCUT2D eigenvalue weighted by Crippen LogP contribution is -2.46. The van der Waals surface area contributed by atoms with Crippen molar-refractivity contribution in [2.45, 2.75) is 13.3 Å². The maximum Gasteiger partial charge on any atom is 0.232 e. The Morgan fingerprint density at radius 1 is 1.32 bits per heavy atom. The first kappa shape index (κ1) is 12.5. The molecule has 1 aromatic carbocycles. The average Bonchev–Trinajstić information content (AvgIpc) is 2.99. The lowest BCUT2D eigenvalue weighted by molar-refractivity contribution is -0.122. The predicted octanol–water partition coefficient (Wildman–Crippen LogP) is 1.90. The molecule has 1 amide bonds.